The molecule has 1 atom stereocenters. The van der Waals surface area contributed by atoms with Crippen LogP contribution < -0.4 is 10.6 Å². The molecular formula is C22H32IN5. The molecule has 5 nitrogen and oxygen atoms in total. The predicted molar refractivity (Wildman–Crippen MR) is 127 cm³/mol. The van der Waals surface area contributed by atoms with Crippen LogP contribution in [0.25, 0.3) is 0 Å². The monoisotopic (exact) mass is 493 g/mol. The molecule has 2 N–H and O–H groups in total. The zero-order valence-corrected chi connectivity index (χ0v) is 19.2. The fourth-order valence-electron chi connectivity index (χ4n) is 3.53. The first kappa shape index (κ1) is 22.6. The van der Waals surface area contributed by atoms with Crippen LogP contribution in [0.4, 0.5) is 0 Å². The minimum atomic E-state index is 0. The summed E-state index contributed by atoms with van der Waals surface area (Å²) in [7, 11) is 1.79. The number of rotatable bonds is 6. The Hall–Kier alpha value is -1.67. The number of pyridine rings is 1. The number of nitrogens with one attached hydrogen (secondary N) is 2. The van der Waals surface area contributed by atoms with Crippen LogP contribution in [0.1, 0.15) is 36.6 Å². The number of aliphatic imine (C=N–C) groups is 1. The van der Waals surface area contributed by atoms with Gasteiger partial charge in [-0.2, -0.15) is 0 Å². The summed E-state index contributed by atoms with van der Waals surface area (Å²) in [6.45, 7) is 7.28. The van der Waals surface area contributed by atoms with Gasteiger partial charge in [0.05, 0.1) is 12.2 Å². The van der Waals surface area contributed by atoms with Gasteiger partial charge in [-0.05, 0) is 48.6 Å². The van der Waals surface area contributed by atoms with E-state index in [9.17, 15) is 0 Å². The van der Waals surface area contributed by atoms with Gasteiger partial charge in [-0.1, -0.05) is 37.3 Å². The van der Waals surface area contributed by atoms with Gasteiger partial charge in [-0.25, -0.2) is 0 Å². The first-order valence-electron chi connectivity index (χ1n) is 9.87. The number of hydrogen-bond donors (Lipinski definition) is 2. The summed E-state index contributed by atoms with van der Waals surface area (Å²) in [5, 5.41) is 6.66. The maximum atomic E-state index is 4.32. The second-order valence-electron chi connectivity index (χ2n) is 7.40. The largest absolute Gasteiger partial charge is 0.352 e. The van der Waals surface area contributed by atoms with Crippen molar-refractivity contribution in [2.24, 2.45) is 10.9 Å². The summed E-state index contributed by atoms with van der Waals surface area (Å²) < 4.78 is 0. The highest BCUT2D eigenvalue weighted by atomic mass is 127. The average Bonchev–Trinajstić information content (AvgIpc) is 2.70. The van der Waals surface area contributed by atoms with E-state index >= 15 is 0 Å². The van der Waals surface area contributed by atoms with E-state index in [0.717, 1.165) is 30.7 Å². The van der Waals surface area contributed by atoms with Crippen LogP contribution in [0.15, 0.2) is 53.7 Å². The standard InChI is InChI=1S/C22H31N5.HI/c1-18-6-5-13-27(16-18)17-20-10-8-19(9-11-20)14-25-22(23-2)26-15-21-7-3-4-12-24-21;/h3-4,7-12,18H,5-6,13-17H2,1-2H3,(H2,23,25,26);1H. The number of aromatic nitrogens is 1. The molecule has 1 aliphatic heterocycles. The van der Waals surface area contributed by atoms with Crippen molar-refractivity contribution in [2.75, 3.05) is 20.1 Å². The molecule has 1 saturated heterocycles. The van der Waals surface area contributed by atoms with Crippen molar-refractivity contribution in [1.29, 1.82) is 0 Å². The van der Waals surface area contributed by atoms with E-state index in [0.29, 0.717) is 6.54 Å². The van der Waals surface area contributed by atoms with Crippen molar-refractivity contribution in [3.8, 4) is 0 Å². The number of piperidine rings is 1. The SMILES string of the molecule is CN=C(NCc1ccc(CN2CCCC(C)C2)cc1)NCc1ccccn1.I. The highest BCUT2D eigenvalue weighted by molar-refractivity contribution is 14.0. The predicted octanol–water partition coefficient (Wildman–Crippen LogP) is 3.80. The molecule has 3 rings (SSSR count). The van der Waals surface area contributed by atoms with Crippen molar-refractivity contribution in [3.05, 3.63) is 65.5 Å². The van der Waals surface area contributed by atoms with Gasteiger partial charge in [0.2, 0.25) is 0 Å². The Balaban J connectivity index is 0.00000280. The van der Waals surface area contributed by atoms with E-state index in [1.54, 1.807) is 13.2 Å². The third-order valence-corrected chi connectivity index (χ3v) is 5.02. The smallest absolute Gasteiger partial charge is 0.191 e. The fourth-order valence-corrected chi connectivity index (χ4v) is 3.53. The van der Waals surface area contributed by atoms with Crippen LogP contribution in [0.3, 0.4) is 0 Å². The molecule has 28 heavy (non-hydrogen) atoms. The van der Waals surface area contributed by atoms with Gasteiger partial charge in [-0.15, -0.1) is 24.0 Å². The minimum absolute atomic E-state index is 0. The number of benzene rings is 1. The number of halogens is 1. The van der Waals surface area contributed by atoms with Gasteiger partial charge in [0.1, 0.15) is 0 Å². The summed E-state index contributed by atoms with van der Waals surface area (Å²) in [5.74, 6) is 1.61. The van der Waals surface area contributed by atoms with E-state index < -0.39 is 0 Å². The lowest BCUT2D eigenvalue weighted by atomic mass is 9.99. The molecule has 0 saturated carbocycles. The summed E-state index contributed by atoms with van der Waals surface area (Å²) in [5.41, 5.74) is 3.65. The Morgan fingerprint density at radius 2 is 1.86 bits per heavy atom. The van der Waals surface area contributed by atoms with Crippen LogP contribution in [0.5, 0.6) is 0 Å². The summed E-state index contributed by atoms with van der Waals surface area (Å²) in [6.07, 6.45) is 4.50. The molecule has 1 aromatic heterocycles. The molecule has 152 valence electrons. The number of hydrogen-bond acceptors (Lipinski definition) is 3. The minimum Gasteiger partial charge on any atom is -0.352 e. The van der Waals surface area contributed by atoms with E-state index in [2.05, 4.69) is 56.7 Å². The third-order valence-electron chi connectivity index (χ3n) is 5.02. The lowest BCUT2D eigenvalue weighted by molar-refractivity contribution is 0.176. The summed E-state index contributed by atoms with van der Waals surface area (Å²) in [4.78, 5) is 11.2. The maximum absolute atomic E-state index is 4.32. The molecule has 1 aromatic carbocycles. The molecule has 0 amide bonds. The normalized spacial score (nSPS) is 17.6. The van der Waals surface area contributed by atoms with Crippen LogP contribution in [-0.2, 0) is 19.6 Å². The molecule has 6 heteroatoms. The van der Waals surface area contributed by atoms with Crippen LogP contribution in [-0.4, -0.2) is 36.0 Å². The molecule has 0 spiro atoms. The highest BCUT2D eigenvalue weighted by Crippen LogP contribution is 2.18. The molecule has 2 aromatic rings. The Morgan fingerprint density at radius 3 is 2.54 bits per heavy atom. The second kappa shape index (κ2) is 12.0. The molecule has 0 aliphatic carbocycles. The lowest BCUT2D eigenvalue weighted by Crippen LogP contribution is -2.36. The Labute approximate surface area is 186 Å². The Bertz CT molecular complexity index is 717. The van der Waals surface area contributed by atoms with Gasteiger partial charge >= 0.3 is 0 Å². The van der Waals surface area contributed by atoms with Crippen molar-refractivity contribution in [3.63, 3.8) is 0 Å². The van der Waals surface area contributed by atoms with Gasteiger partial charge in [0, 0.05) is 32.9 Å². The lowest BCUT2D eigenvalue weighted by Gasteiger charge is -2.30. The molecule has 0 bridgehead atoms. The van der Waals surface area contributed by atoms with E-state index in [1.807, 2.05) is 18.2 Å². The zero-order chi connectivity index (χ0) is 18.9. The molecule has 1 unspecified atom stereocenters. The fraction of sp³-hybridized carbons (Fsp3) is 0.455. The zero-order valence-electron chi connectivity index (χ0n) is 16.9. The maximum Gasteiger partial charge on any atom is 0.191 e. The Kier molecular flexibility index (Phi) is 9.70. The van der Waals surface area contributed by atoms with Crippen LogP contribution >= 0.6 is 24.0 Å². The third kappa shape index (κ3) is 7.39. The molecule has 2 heterocycles. The number of nitrogens with zero attached hydrogens (tertiary/aromatic N) is 3. The molecule has 0 radical (unpaired) electrons. The quantitative estimate of drug-likeness (QED) is 0.365. The van der Waals surface area contributed by atoms with Gasteiger partial charge < -0.3 is 10.6 Å². The van der Waals surface area contributed by atoms with Crippen molar-refractivity contribution >= 4 is 29.9 Å². The highest BCUT2D eigenvalue weighted by Gasteiger charge is 2.16. The van der Waals surface area contributed by atoms with Crippen LogP contribution in [0, 0.1) is 5.92 Å². The average molecular weight is 493 g/mol. The molecule has 1 aliphatic rings. The first-order chi connectivity index (χ1) is 13.2. The van der Waals surface area contributed by atoms with Crippen molar-refractivity contribution < 1.29 is 0 Å². The van der Waals surface area contributed by atoms with E-state index in [-0.39, 0.29) is 24.0 Å². The van der Waals surface area contributed by atoms with Crippen molar-refractivity contribution in [1.82, 2.24) is 20.5 Å². The molecular weight excluding hydrogens is 461 g/mol. The number of likely N-dealkylation sites (tertiary alicyclic amines) is 1. The van der Waals surface area contributed by atoms with Crippen molar-refractivity contribution in [2.45, 2.75) is 39.4 Å². The van der Waals surface area contributed by atoms with Gasteiger partial charge in [-0.3, -0.25) is 14.9 Å². The summed E-state index contributed by atoms with van der Waals surface area (Å²) in [6, 6.07) is 14.8. The Morgan fingerprint density at radius 1 is 1.11 bits per heavy atom. The summed E-state index contributed by atoms with van der Waals surface area (Å²) >= 11 is 0. The van der Waals surface area contributed by atoms with E-state index in [1.165, 1.54) is 37.1 Å². The number of guanidine groups is 1. The topological polar surface area (TPSA) is 52.6 Å². The molecule has 1 fully saturated rings. The first-order valence-corrected chi connectivity index (χ1v) is 9.87. The van der Waals surface area contributed by atoms with Crippen LogP contribution in [0.2, 0.25) is 0 Å². The van der Waals surface area contributed by atoms with Gasteiger partial charge in [0.15, 0.2) is 5.96 Å². The second-order valence-corrected chi connectivity index (χ2v) is 7.40. The van der Waals surface area contributed by atoms with Gasteiger partial charge in [0.25, 0.3) is 0 Å². The van der Waals surface area contributed by atoms with E-state index in [4.69, 9.17) is 0 Å².